The maximum Gasteiger partial charge on any atom is 0.337 e. The number of benzene rings is 2. The molecule has 0 aliphatic carbocycles. The van der Waals surface area contributed by atoms with Gasteiger partial charge in [-0.25, -0.2) is 18.0 Å². The van der Waals surface area contributed by atoms with E-state index in [0.29, 0.717) is 21.8 Å². The number of H-pyrrole nitrogens is 2. The molecule has 4 rings (SSSR count). The molecule has 0 radical (unpaired) electrons. The van der Waals surface area contributed by atoms with Crippen LogP contribution in [0.5, 0.6) is 0 Å². The summed E-state index contributed by atoms with van der Waals surface area (Å²) in [5, 5.41) is 9.41. The Hall–Kier alpha value is -3.22. The van der Waals surface area contributed by atoms with Gasteiger partial charge in [0.15, 0.2) is 0 Å². The van der Waals surface area contributed by atoms with E-state index in [1.54, 1.807) is 0 Å². The lowest BCUT2D eigenvalue weighted by atomic mass is 10.2. The average Bonchev–Trinajstić information content (AvgIpc) is 3.12. The highest BCUT2D eigenvalue weighted by molar-refractivity contribution is 6.03. The fourth-order valence-electron chi connectivity index (χ4n) is 2.33. The fraction of sp³-hybridized carbons (Fsp3) is 0.105. The van der Waals surface area contributed by atoms with Gasteiger partial charge in [-0.2, -0.15) is 0 Å². The van der Waals surface area contributed by atoms with Crippen LogP contribution >= 0.6 is 0 Å². The first kappa shape index (κ1) is 20.8. The highest BCUT2D eigenvalue weighted by Crippen LogP contribution is 2.19. The molecule has 2 heterocycles. The standard InChI is InChI=1S/C9H6FNO2.C8H5F2N.2CH4/c10-5-1-2-8-6(3-5)7(4-11-8)9(12)13;9-5-1-2-8-6(3-5)7(10)4-11-8;;/h1-4,11H,(H,12,13);1-4,11H;2*1H4. The number of aromatic amines is 2. The highest BCUT2D eigenvalue weighted by Gasteiger charge is 2.10. The van der Waals surface area contributed by atoms with E-state index in [1.807, 2.05) is 0 Å². The van der Waals surface area contributed by atoms with E-state index in [4.69, 9.17) is 5.11 Å². The molecular weight excluding hydrogens is 345 g/mol. The molecule has 26 heavy (non-hydrogen) atoms. The zero-order valence-electron chi connectivity index (χ0n) is 12.1. The summed E-state index contributed by atoms with van der Waals surface area (Å²) >= 11 is 0. The Bertz CT molecular complexity index is 1040. The van der Waals surface area contributed by atoms with Crippen LogP contribution in [0, 0.1) is 17.5 Å². The normalized spacial score (nSPS) is 9.81. The molecule has 0 saturated carbocycles. The molecule has 0 bridgehead atoms. The summed E-state index contributed by atoms with van der Waals surface area (Å²) in [6.07, 6.45) is 2.57. The minimum absolute atomic E-state index is 0. The minimum Gasteiger partial charge on any atom is -0.478 e. The number of carboxylic acid groups (broad SMARTS) is 1. The Kier molecular flexibility index (Phi) is 6.60. The van der Waals surface area contributed by atoms with Gasteiger partial charge in [0.1, 0.15) is 17.5 Å². The third kappa shape index (κ3) is 4.05. The third-order valence-electron chi connectivity index (χ3n) is 3.47. The van der Waals surface area contributed by atoms with Crippen LogP contribution in [0.25, 0.3) is 21.8 Å². The van der Waals surface area contributed by atoms with E-state index >= 15 is 0 Å². The predicted octanol–water partition coefficient (Wildman–Crippen LogP) is 5.72. The zero-order valence-corrected chi connectivity index (χ0v) is 12.1. The SMILES string of the molecule is C.C.Fc1ccc2[nH]cc(F)c2c1.O=C(O)c1c[nH]c2ccc(F)cc12. The van der Waals surface area contributed by atoms with Crippen molar-refractivity contribution in [3.63, 3.8) is 0 Å². The van der Waals surface area contributed by atoms with Crippen molar-refractivity contribution in [1.29, 1.82) is 0 Å². The van der Waals surface area contributed by atoms with E-state index in [0.717, 1.165) is 0 Å². The van der Waals surface area contributed by atoms with E-state index in [9.17, 15) is 18.0 Å². The second-order valence-corrected chi connectivity index (χ2v) is 5.02. The minimum atomic E-state index is -1.06. The number of carboxylic acids is 1. The summed E-state index contributed by atoms with van der Waals surface area (Å²) in [5.74, 6) is -2.33. The summed E-state index contributed by atoms with van der Waals surface area (Å²) in [6.45, 7) is 0. The number of hydrogen-bond donors (Lipinski definition) is 3. The average molecular weight is 364 g/mol. The van der Waals surface area contributed by atoms with E-state index in [-0.39, 0.29) is 20.4 Å². The van der Waals surface area contributed by atoms with Gasteiger partial charge in [-0.15, -0.1) is 0 Å². The summed E-state index contributed by atoms with van der Waals surface area (Å²) in [4.78, 5) is 16.1. The van der Waals surface area contributed by atoms with Crippen LogP contribution in [0.15, 0.2) is 48.8 Å². The summed E-state index contributed by atoms with van der Waals surface area (Å²) in [5.41, 5.74) is 1.33. The number of halogens is 3. The number of hydrogen-bond acceptors (Lipinski definition) is 1. The number of rotatable bonds is 1. The van der Waals surface area contributed by atoms with Crippen LogP contribution in [0.2, 0.25) is 0 Å². The summed E-state index contributed by atoms with van der Waals surface area (Å²) in [6, 6.07) is 7.96. The molecule has 4 aromatic rings. The number of nitrogens with one attached hydrogen (secondary N) is 2. The van der Waals surface area contributed by atoms with Gasteiger partial charge in [0.05, 0.1) is 5.56 Å². The van der Waals surface area contributed by atoms with Crippen molar-refractivity contribution in [2.24, 2.45) is 0 Å². The number of aromatic carboxylic acids is 1. The molecule has 0 aliphatic rings. The van der Waals surface area contributed by atoms with Crippen molar-refractivity contribution in [1.82, 2.24) is 9.97 Å². The van der Waals surface area contributed by atoms with E-state index < -0.39 is 23.4 Å². The Balaban J connectivity index is 0.000000244. The van der Waals surface area contributed by atoms with Gasteiger partial charge in [-0.1, -0.05) is 14.9 Å². The molecule has 0 saturated heterocycles. The molecule has 0 atom stereocenters. The summed E-state index contributed by atoms with van der Waals surface area (Å²) < 4.78 is 38.0. The lowest BCUT2D eigenvalue weighted by Gasteiger charge is -1.91. The molecule has 0 fully saturated rings. The first-order valence-corrected chi connectivity index (χ1v) is 6.88. The van der Waals surface area contributed by atoms with Crippen LogP contribution in [0.3, 0.4) is 0 Å². The molecule has 2 aromatic heterocycles. The smallest absolute Gasteiger partial charge is 0.337 e. The predicted molar refractivity (Wildman–Crippen MR) is 96.9 cm³/mol. The molecule has 138 valence electrons. The molecule has 7 heteroatoms. The van der Waals surface area contributed by atoms with Crippen LogP contribution in [-0.4, -0.2) is 21.0 Å². The molecule has 0 amide bonds. The van der Waals surface area contributed by atoms with Crippen LogP contribution in [0.4, 0.5) is 13.2 Å². The second kappa shape index (κ2) is 8.24. The van der Waals surface area contributed by atoms with Crippen molar-refractivity contribution in [3.05, 3.63) is 71.8 Å². The quantitative estimate of drug-likeness (QED) is 0.404. The van der Waals surface area contributed by atoms with E-state index in [1.165, 1.54) is 48.8 Å². The van der Waals surface area contributed by atoms with Crippen LogP contribution in [0.1, 0.15) is 25.2 Å². The molecule has 0 spiro atoms. The van der Waals surface area contributed by atoms with Crippen LogP contribution < -0.4 is 0 Å². The van der Waals surface area contributed by atoms with Gasteiger partial charge in [-0.3, -0.25) is 0 Å². The Morgan fingerprint density at radius 1 is 0.808 bits per heavy atom. The maximum atomic E-state index is 12.8. The van der Waals surface area contributed by atoms with Crippen molar-refractivity contribution in [2.45, 2.75) is 14.9 Å². The number of carbonyl (C=O) groups is 1. The zero-order chi connectivity index (χ0) is 17.3. The Morgan fingerprint density at radius 3 is 1.88 bits per heavy atom. The summed E-state index contributed by atoms with van der Waals surface area (Å²) in [7, 11) is 0. The van der Waals surface area contributed by atoms with Crippen molar-refractivity contribution < 1.29 is 23.1 Å². The topological polar surface area (TPSA) is 68.9 Å². The van der Waals surface area contributed by atoms with Crippen molar-refractivity contribution in [3.8, 4) is 0 Å². The first-order chi connectivity index (χ1) is 11.5. The van der Waals surface area contributed by atoms with Crippen LogP contribution in [-0.2, 0) is 0 Å². The van der Waals surface area contributed by atoms with Gasteiger partial charge in [0.25, 0.3) is 0 Å². The van der Waals surface area contributed by atoms with Gasteiger partial charge < -0.3 is 15.1 Å². The molecule has 4 nitrogen and oxygen atoms in total. The van der Waals surface area contributed by atoms with Gasteiger partial charge in [0.2, 0.25) is 0 Å². The number of aromatic nitrogens is 2. The largest absolute Gasteiger partial charge is 0.478 e. The molecular formula is C19H19F3N2O2. The fourth-order valence-corrected chi connectivity index (χ4v) is 2.33. The molecule has 0 aliphatic heterocycles. The van der Waals surface area contributed by atoms with Crippen molar-refractivity contribution in [2.75, 3.05) is 0 Å². The first-order valence-electron chi connectivity index (χ1n) is 6.88. The van der Waals surface area contributed by atoms with Gasteiger partial charge >= 0.3 is 5.97 Å². The maximum absolute atomic E-state index is 12.8. The Labute approximate surface area is 148 Å². The highest BCUT2D eigenvalue weighted by atomic mass is 19.1. The second-order valence-electron chi connectivity index (χ2n) is 5.02. The third-order valence-corrected chi connectivity index (χ3v) is 3.47. The lowest BCUT2D eigenvalue weighted by molar-refractivity contribution is 0.0699. The number of fused-ring (bicyclic) bond motifs is 2. The van der Waals surface area contributed by atoms with Crippen molar-refractivity contribution >= 4 is 27.8 Å². The Morgan fingerprint density at radius 2 is 1.31 bits per heavy atom. The van der Waals surface area contributed by atoms with E-state index in [2.05, 4.69) is 9.97 Å². The monoisotopic (exact) mass is 364 g/mol. The molecule has 0 unspecified atom stereocenters. The van der Waals surface area contributed by atoms with Gasteiger partial charge in [0, 0.05) is 34.2 Å². The molecule has 3 N–H and O–H groups in total. The molecule has 2 aromatic carbocycles. The van der Waals surface area contributed by atoms with Gasteiger partial charge in [-0.05, 0) is 36.4 Å². The lowest BCUT2D eigenvalue weighted by Crippen LogP contribution is -1.93.